The molecular weight excluding hydrogens is 424 g/mol. The fourth-order valence-corrected chi connectivity index (χ4v) is 7.20. The van der Waals surface area contributed by atoms with E-state index in [1.807, 2.05) is 13.0 Å². The fraction of sp³-hybridized carbons (Fsp3) is 0.480. The molecule has 5 rings (SSSR count). The lowest BCUT2D eigenvalue weighted by Gasteiger charge is -2.50. The van der Waals surface area contributed by atoms with Crippen molar-refractivity contribution >= 4 is 15.7 Å². The van der Waals surface area contributed by atoms with E-state index in [-0.39, 0.29) is 22.2 Å². The number of sulfonamides is 1. The van der Waals surface area contributed by atoms with Crippen molar-refractivity contribution in [2.45, 2.75) is 62.9 Å². The lowest BCUT2D eigenvalue weighted by molar-refractivity contribution is -0.0176. The fourth-order valence-electron chi connectivity index (χ4n) is 6.37. The average molecular weight is 455 g/mol. The zero-order valence-corrected chi connectivity index (χ0v) is 19.3. The minimum Gasteiger partial charge on any atom is -0.508 e. The number of phenolic OH excluding ortho intramolecular Hbond substituents is 1. The van der Waals surface area contributed by atoms with E-state index < -0.39 is 10.0 Å². The van der Waals surface area contributed by atoms with Crippen LogP contribution < -0.4 is 4.83 Å². The maximum absolute atomic E-state index is 12.8. The maximum Gasteiger partial charge on any atom is 0.276 e. The summed E-state index contributed by atoms with van der Waals surface area (Å²) in [6, 6.07) is 12.0. The lowest BCUT2D eigenvalue weighted by Crippen LogP contribution is -2.45. The second-order valence-corrected chi connectivity index (χ2v) is 11.6. The van der Waals surface area contributed by atoms with Gasteiger partial charge in [0.2, 0.25) is 0 Å². The first-order valence-electron chi connectivity index (χ1n) is 11.4. The summed E-state index contributed by atoms with van der Waals surface area (Å²) in [7, 11) is -3.80. The number of benzene rings is 2. The lowest BCUT2D eigenvalue weighted by atomic mass is 9.55. The average Bonchev–Trinajstić information content (AvgIpc) is 3.07. The van der Waals surface area contributed by atoms with Gasteiger partial charge in [-0.25, -0.2) is 0 Å². The van der Waals surface area contributed by atoms with Crippen LogP contribution in [0.5, 0.6) is 5.75 Å². The first-order chi connectivity index (χ1) is 15.2. The number of rotatable bonds is 3. The van der Waals surface area contributed by atoms with E-state index >= 15 is 0 Å². The van der Waals surface area contributed by atoms with E-state index in [4.69, 9.17) is 0 Å². The van der Waals surface area contributed by atoms with Crippen molar-refractivity contribution in [1.29, 1.82) is 0 Å². The van der Waals surface area contributed by atoms with Crippen molar-refractivity contribution in [2.75, 3.05) is 0 Å². The van der Waals surface area contributed by atoms with Crippen LogP contribution >= 0.6 is 0 Å². The zero-order chi connectivity index (χ0) is 22.7. The molecule has 0 unspecified atom stereocenters. The summed E-state index contributed by atoms with van der Waals surface area (Å²) in [6.07, 6.45) is 4.11. The van der Waals surface area contributed by atoms with Crippen molar-refractivity contribution in [1.82, 2.24) is 4.83 Å². The highest BCUT2D eigenvalue weighted by molar-refractivity contribution is 7.89. The van der Waals surface area contributed by atoms with Crippen molar-refractivity contribution < 1.29 is 18.6 Å². The van der Waals surface area contributed by atoms with Gasteiger partial charge in [-0.2, -0.15) is 18.4 Å². The standard InChI is InChI=1S/C25H30N2O4S/c1-15-3-6-17(7-4-15)32(30,31)27-26-23-14-20-19(18-8-5-16(28)13-21(18)23)11-12-25(2)22(20)9-10-24(25)29/h3-8,13,19-20,22,24,27-29H,9-12,14H2,1-2H3/b26-23-/t19-,20-,22+,24+,25+/m1/s1. The van der Waals surface area contributed by atoms with E-state index in [0.717, 1.165) is 42.4 Å². The Hall–Kier alpha value is -2.38. The number of phenols is 1. The van der Waals surface area contributed by atoms with Crippen LogP contribution in [0.4, 0.5) is 0 Å². The Kier molecular flexibility index (Phi) is 5.09. The largest absolute Gasteiger partial charge is 0.508 e. The maximum atomic E-state index is 12.8. The molecule has 3 N–H and O–H groups in total. The van der Waals surface area contributed by atoms with Crippen LogP contribution in [0.25, 0.3) is 0 Å². The second kappa shape index (κ2) is 7.59. The van der Waals surface area contributed by atoms with Gasteiger partial charge in [0.05, 0.1) is 16.7 Å². The Morgan fingerprint density at radius 3 is 2.59 bits per heavy atom. The van der Waals surface area contributed by atoms with Crippen LogP contribution in [0.3, 0.4) is 0 Å². The number of fused-ring (bicyclic) bond motifs is 5. The predicted molar refractivity (Wildman–Crippen MR) is 123 cm³/mol. The molecule has 3 aliphatic carbocycles. The van der Waals surface area contributed by atoms with Gasteiger partial charge in [0.25, 0.3) is 10.0 Å². The number of aryl methyl sites for hydroxylation is 1. The van der Waals surface area contributed by atoms with Crippen LogP contribution in [0.15, 0.2) is 52.5 Å². The molecule has 5 atom stereocenters. The molecule has 170 valence electrons. The molecule has 2 aromatic carbocycles. The smallest absolute Gasteiger partial charge is 0.276 e. The third-order valence-electron chi connectivity index (χ3n) is 8.20. The normalized spacial score (nSPS) is 32.8. The number of aliphatic hydroxyl groups is 1. The molecule has 0 heterocycles. The number of nitrogens with zero attached hydrogens (tertiary/aromatic N) is 1. The molecule has 0 saturated heterocycles. The van der Waals surface area contributed by atoms with Gasteiger partial charge in [-0.3, -0.25) is 0 Å². The summed E-state index contributed by atoms with van der Waals surface area (Å²) in [4.78, 5) is 2.60. The zero-order valence-electron chi connectivity index (χ0n) is 18.5. The molecule has 0 aromatic heterocycles. The molecule has 6 nitrogen and oxygen atoms in total. The van der Waals surface area contributed by atoms with Crippen molar-refractivity contribution in [3.05, 3.63) is 59.2 Å². The van der Waals surface area contributed by atoms with Crippen molar-refractivity contribution in [3.8, 4) is 5.75 Å². The molecule has 0 aliphatic heterocycles. The molecule has 0 radical (unpaired) electrons. The number of hydrazone groups is 1. The number of nitrogens with one attached hydrogen (secondary N) is 1. The van der Waals surface area contributed by atoms with E-state index in [2.05, 4.69) is 16.9 Å². The Balaban J connectivity index is 1.52. The summed E-state index contributed by atoms with van der Waals surface area (Å²) in [5.74, 6) is 1.15. The van der Waals surface area contributed by atoms with E-state index in [0.29, 0.717) is 29.9 Å². The molecule has 2 aromatic rings. The van der Waals surface area contributed by atoms with Crippen LogP contribution in [0.1, 0.15) is 61.6 Å². The molecule has 0 amide bonds. The van der Waals surface area contributed by atoms with Crippen molar-refractivity contribution in [2.24, 2.45) is 22.4 Å². The van der Waals surface area contributed by atoms with Crippen molar-refractivity contribution in [3.63, 3.8) is 0 Å². The highest BCUT2D eigenvalue weighted by Crippen LogP contribution is 2.61. The predicted octanol–water partition coefficient (Wildman–Crippen LogP) is 4.06. The SMILES string of the molecule is Cc1ccc(S(=O)(=O)N/N=C2/C[C@@H]3[C@H](CC[C@]4(C)[C@@H](O)CC[C@@H]34)c3ccc(O)cc32)cc1. The molecule has 3 aliphatic rings. The van der Waals surface area contributed by atoms with E-state index in [9.17, 15) is 18.6 Å². The highest BCUT2D eigenvalue weighted by atomic mass is 32.2. The highest BCUT2D eigenvalue weighted by Gasteiger charge is 2.55. The van der Waals surface area contributed by atoms with Gasteiger partial charge >= 0.3 is 0 Å². The first-order valence-corrected chi connectivity index (χ1v) is 12.8. The minimum atomic E-state index is -3.80. The van der Waals surface area contributed by atoms with Gasteiger partial charge in [0.1, 0.15) is 5.75 Å². The quantitative estimate of drug-likeness (QED) is 0.609. The Labute approximate surface area is 189 Å². The number of hydrogen-bond donors (Lipinski definition) is 3. The molecule has 2 fully saturated rings. The van der Waals surface area contributed by atoms with Crippen LogP contribution in [0, 0.1) is 24.2 Å². The number of hydrogen-bond acceptors (Lipinski definition) is 5. The molecule has 0 spiro atoms. The van der Waals surface area contributed by atoms with Crippen LogP contribution in [-0.4, -0.2) is 30.4 Å². The topological polar surface area (TPSA) is 99.0 Å². The second-order valence-electron chi connectivity index (χ2n) is 9.96. The van der Waals surface area contributed by atoms with Crippen LogP contribution in [-0.2, 0) is 10.0 Å². The summed E-state index contributed by atoms with van der Waals surface area (Å²) in [5, 5.41) is 25.2. The van der Waals surface area contributed by atoms with Gasteiger partial charge in [-0.05, 0) is 92.0 Å². The van der Waals surface area contributed by atoms with Gasteiger partial charge in [0, 0.05) is 5.56 Å². The molecule has 7 heteroatoms. The summed E-state index contributed by atoms with van der Waals surface area (Å²) in [5.41, 5.74) is 3.48. The third-order valence-corrected chi connectivity index (χ3v) is 9.42. The van der Waals surface area contributed by atoms with Crippen LogP contribution in [0.2, 0.25) is 0 Å². The molecule has 0 bridgehead atoms. The summed E-state index contributed by atoms with van der Waals surface area (Å²) in [6.45, 7) is 4.11. The van der Waals surface area contributed by atoms with E-state index in [1.165, 1.54) is 0 Å². The number of aliphatic hydroxyl groups excluding tert-OH is 1. The molecule has 32 heavy (non-hydrogen) atoms. The Bertz CT molecular complexity index is 1170. The Morgan fingerprint density at radius 2 is 1.84 bits per heavy atom. The monoisotopic (exact) mass is 454 g/mol. The molecular formula is C25H30N2O4S. The minimum absolute atomic E-state index is 0.0951. The van der Waals surface area contributed by atoms with Gasteiger partial charge in [-0.15, -0.1) is 0 Å². The summed E-state index contributed by atoms with van der Waals surface area (Å²) < 4.78 is 25.6. The van der Waals surface area contributed by atoms with E-state index in [1.54, 1.807) is 36.4 Å². The first kappa shape index (κ1) is 21.5. The Morgan fingerprint density at radius 1 is 1.09 bits per heavy atom. The third kappa shape index (κ3) is 3.42. The van der Waals surface area contributed by atoms with Gasteiger partial charge < -0.3 is 10.2 Å². The van der Waals surface area contributed by atoms with Gasteiger partial charge in [0.15, 0.2) is 0 Å². The number of aromatic hydroxyl groups is 1. The van der Waals surface area contributed by atoms with Gasteiger partial charge in [-0.1, -0.05) is 30.7 Å². The molecule has 2 saturated carbocycles. The summed E-state index contributed by atoms with van der Waals surface area (Å²) >= 11 is 0.